The minimum Gasteiger partial charge on any atom is -0.394 e. The van der Waals surface area contributed by atoms with E-state index < -0.39 is 33.4 Å². The second-order valence-electron chi connectivity index (χ2n) is 13.2. The molecule has 2 unspecified atom stereocenters. The van der Waals surface area contributed by atoms with E-state index in [0.29, 0.717) is 18.4 Å². The molecular weight excluding hydrogens is 637 g/mol. The van der Waals surface area contributed by atoms with Gasteiger partial charge in [0.05, 0.1) is 34.7 Å². The Morgan fingerprint density at radius 1 is 0.980 bits per heavy atom. The molecule has 0 radical (unpaired) electrons. The van der Waals surface area contributed by atoms with Gasteiger partial charge in [0, 0.05) is 23.5 Å². The van der Waals surface area contributed by atoms with Crippen LogP contribution in [0.4, 0.5) is 5.69 Å². The summed E-state index contributed by atoms with van der Waals surface area (Å²) >= 11 is 1.61. The van der Waals surface area contributed by atoms with Gasteiger partial charge in [0.25, 0.3) is 0 Å². The number of benzene rings is 3. The van der Waals surface area contributed by atoms with Crippen LogP contribution in [0.1, 0.15) is 31.4 Å². The van der Waals surface area contributed by atoms with Gasteiger partial charge >= 0.3 is 0 Å². The van der Waals surface area contributed by atoms with Crippen molar-refractivity contribution in [1.82, 2.24) is 24.8 Å². The molecule has 7 rings (SSSR count). The molecule has 0 aliphatic carbocycles. The van der Waals surface area contributed by atoms with Gasteiger partial charge in [-0.2, -0.15) is 0 Å². The summed E-state index contributed by atoms with van der Waals surface area (Å²) in [5.74, 6) is -2.19. The third-order valence-electron chi connectivity index (χ3n) is 10.4. The Hall–Kier alpha value is -4.74. The number of anilines is 1. The number of carbonyl (C=O) groups excluding carboxylic acids is 3. The van der Waals surface area contributed by atoms with Gasteiger partial charge in [-0.25, -0.2) is 4.68 Å². The third kappa shape index (κ3) is 5.27. The standard InChI is InChI=1S/C38H40N6O4S/c1-4-22-41(25-43-29-19-13-12-18-28(29)39-40-43)36(48)33-38-21-20-37(3,49-38)31(34(46)42(23-5-2)27-16-10-7-11-17-27)32(38)35(47)44(33)30(24-45)26-14-8-6-9-15-26/h4-19,30-33,45H,1-2,20-25H2,3H3/t30-,31-,32+,33?,37+,38?/m1/s1. The number of fused-ring (bicyclic) bond motifs is 2. The maximum absolute atomic E-state index is 15.2. The molecule has 3 aliphatic heterocycles. The lowest BCUT2D eigenvalue weighted by molar-refractivity contribution is -0.146. The highest BCUT2D eigenvalue weighted by molar-refractivity contribution is 8.02. The highest BCUT2D eigenvalue weighted by Gasteiger charge is 2.78. The number of para-hydroxylation sites is 2. The van der Waals surface area contributed by atoms with E-state index in [9.17, 15) is 9.90 Å². The zero-order valence-electron chi connectivity index (χ0n) is 27.5. The molecule has 1 N–H and O–H groups in total. The molecule has 6 atom stereocenters. The second kappa shape index (κ2) is 12.9. The second-order valence-corrected chi connectivity index (χ2v) is 15.1. The molecule has 11 heteroatoms. The fourth-order valence-corrected chi connectivity index (χ4v) is 10.7. The van der Waals surface area contributed by atoms with Crippen LogP contribution in [-0.4, -0.2) is 82.9 Å². The largest absolute Gasteiger partial charge is 0.394 e. The normalized spacial score (nSPS) is 26.0. The van der Waals surface area contributed by atoms with Crippen LogP contribution in [-0.2, 0) is 21.1 Å². The molecule has 10 nitrogen and oxygen atoms in total. The summed E-state index contributed by atoms with van der Waals surface area (Å²) in [6, 6.07) is 24.5. The Kier molecular flexibility index (Phi) is 8.66. The third-order valence-corrected chi connectivity index (χ3v) is 12.4. The van der Waals surface area contributed by atoms with E-state index in [4.69, 9.17) is 0 Å². The predicted molar refractivity (Wildman–Crippen MR) is 190 cm³/mol. The molecule has 3 aromatic carbocycles. The van der Waals surface area contributed by atoms with E-state index in [1.807, 2.05) is 84.9 Å². The first kappa shape index (κ1) is 32.8. The molecular formula is C38H40N6O4S. The van der Waals surface area contributed by atoms with E-state index in [2.05, 4.69) is 30.4 Å². The van der Waals surface area contributed by atoms with Crippen LogP contribution in [0.25, 0.3) is 11.0 Å². The molecule has 4 aromatic rings. The average Bonchev–Trinajstić information content (AvgIpc) is 3.83. The summed E-state index contributed by atoms with van der Waals surface area (Å²) in [6.45, 7) is 10.1. The van der Waals surface area contributed by atoms with Gasteiger partial charge in [-0.3, -0.25) is 14.4 Å². The van der Waals surface area contributed by atoms with Gasteiger partial charge in [0.2, 0.25) is 17.7 Å². The van der Waals surface area contributed by atoms with Gasteiger partial charge in [-0.05, 0) is 49.6 Å². The number of aliphatic hydroxyl groups excluding tert-OH is 1. The van der Waals surface area contributed by atoms with E-state index in [1.54, 1.807) is 43.3 Å². The predicted octanol–water partition coefficient (Wildman–Crippen LogP) is 4.84. The number of hydrogen-bond acceptors (Lipinski definition) is 7. The van der Waals surface area contributed by atoms with Crippen molar-refractivity contribution in [3.63, 3.8) is 0 Å². The lowest BCUT2D eigenvalue weighted by Crippen LogP contribution is -2.56. The molecule has 4 heterocycles. The number of aromatic nitrogens is 3. The van der Waals surface area contributed by atoms with E-state index in [-0.39, 0.29) is 44.1 Å². The minimum absolute atomic E-state index is 0.0885. The topological polar surface area (TPSA) is 112 Å². The Morgan fingerprint density at radius 2 is 1.65 bits per heavy atom. The van der Waals surface area contributed by atoms with Crippen molar-refractivity contribution in [2.75, 3.05) is 24.6 Å². The molecule has 0 saturated carbocycles. The van der Waals surface area contributed by atoms with Crippen LogP contribution in [0, 0.1) is 11.8 Å². The number of hydrogen-bond donors (Lipinski definition) is 1. The molecule has 2 bridgehead atoms. The van der Waals surface area contributed by atoms with Gasteiger partial charge in [-0.15, -0.1) is 30.0 Å². The van der Waals surface area contributed by atoms with Gasteiger partial charge in [0.15, 0.2) is 0 Å². The smallest absolute Gasteiger partial charge is 0.248 e. The number of amides is 3. The van der Waals surface area contributed by atoms with Crippen LogP contribution in [0.15, 0.2) is 110 Å². The first-order valence-corrected chi connectivity index (χ1v) is 17.4. The summed E-state index contributed by atoms with van der Waals surface area (Å²) in [6.07, 6.45) is 4.59. The molecule has 3 amide bonds. The van der Waals surface area contributed by atoms with Gasteiger partial charge in [-0.1, -0.05) is 78.0 Å². The van der Waals surface area contributed by atoms with Crippen LogP contribution >= 0.6 is 11.8 Å². The average molecular weight is 677 g/mol. The number of carbonyl (C=O) groups is 3. The summed E-state index contributed by atoms with van der Waals surface area (Å²) in [5, 5.41) is 19.6. The van der Waals surface area contributed by atoms with Crippen molar-refractivity contribution in [2.45, 2.75) is 48.0 Å². The fraction of sp³-hybridized carbons (Fsp3) is 0.342. The Labute approximate surface area is 290 Å². The number of thioether (sulfide) groups is 1. The maximum Gasteiger partial charge on any atom is 0.248 e. The fourth-order valence-electron chi connectivity index (χ4n) is 8.34. The maximum atomic E-state index is 15.2. The molecule has 1 spiro atoms. The first-order valence-electron chi connectivity index (χ1n) is 16.6. The van der Waals surface area contributed by atoms with Crippen LogP contribution < -0.4 is 4.90 Å². The first-order chi connectivity index (χ1) is 23.8. The Morgan fingerprint density at radius 3 is 2.35 bits per heavy atom. The van der Waals surface area contributed by atoms with Crippen molar-refractivity contribution in [3.8, 4) is 0 Å². The number of nitrogens with zero attached hydrogens (tertiary/aromatic N) is 6. The molecule has 3 fully saturated rings. The number of likely N-dealkylation sites (tertiary alicyclic amines) is 1. The molecule has 252 valence electrons. The zero-order valence-corrected chi connectivity index (χ0v) is 28.3. The van der Waals surface area contributed by atoms with Crippen molar-refractivity contribution in [2.24, 2.45) is 11.8 Å². The van der Waals surface area contributed by atoms with E-state index in [0.717, 1.165) is 16.8 Å². The summed E-state index contributed by atoms with van der Waals surface area (Å²) in [4.78, 5) is 50.0. The number of aliphatic hydroxyl groups is 1. The van der Waals surface area contributed by atoms with E-state index in [1.165, 1.54) is 0 Å². The van der Waals surface area contributed by atoms with Crippen molar-refractivity contribution < 1.29 is 19.5 Å². The molecule has 3 saturated heterocycles. The molecule has 3 aliphatic rings. The van der Waals surface area contributed by atoms with Crippen LogP contribution in [0.2, 0.25) is 0 Å². The van der Waals surface area contributed by atoms with Gasteiger partial charge in [0.1, 0.15) is 18.2 Å². The lowest BCUT2D eigenvalue weighted by Gasteiger charge is -2.39. The SMILES string of the molecule is C=CCN(Cn1nnc2ccccc21)C(=O)C1N([C@H](CO)c2ccccc2)C(=O)[C@@H]2[C@H](C(=O)N(CC=C)c3ccccc3)[C@]3(C)CCC12S3. The Balaban J connectivity index is 1.34. The van der Waals surface area contributed by atoms with Crippen LogP contribution in [0.5, 0.6) is 0 Å². The number of rotatable bonds is 12. The highest BCUT2D eigenvalue weighted by Crippen LogP contribution is 2.72. The summed E-state index contributed by atoms with van der Waals surface area (Å²) < 4.78 is 0.197. The summed E-state index contributed by atoms with van der Waals surface area (Å²) in [7, 11) is 0. The monoisotopic (exact) mass is 676 g/mol. The zero-order chi connectivity index (χ0) is 34.3. The molecule has 49 heavy (non-hydrogen) atoms. The van der Waals surface area contributed by atoms with E-state index >= 15 is 9.59 Å². The summed E-state index contributed by atoms with van der Waals surface area (Å²) in [5.41, 5.74) is 2.92. The van der Waals surface area contributed by atoms with Crippen molar-refractivity contribution >= 4 is 46.2 Å². The minimum atomic E-state index is -0.953. The quantitative estimate of drug-likeness (QED) is 0.214. The Bertz CT molecular complexity index is 1900. The highest BCUT2D eigenvalue weighted by atomic mass is 32.2. The van der Waals surface area contributed by atoms with Crippen molar-refractivity contribution in [1.29, 1.82) is 0 Å². The van der Waals surface area contributed by atoms with Gasteiger partial charge < -0.3 is 19.8 Å². The van der Waals surface area contributed by atoms with Crippen molar-refractivity contribution in [3.05, 3.63) is 116 Å². The van der Waals surface area contributed by atoms with Crippen LogP contribution in [0.3, 0.4) is 0 Å². The lowest BCUT2D eigenvalue weighted by atomic mass is 9.66. The molecule has 1 aromatic heterocycles.